The summed E-state index contributed by atoms with van der Waals surface area (Å²) in [7, 11) is -1.11. The van der Waals surface area contributed by atoms with Crippen LogP contribution in [0.25, 0.3) is 0 Å². The first-order valence-electron chi connectivity index (χ1n) is 4.58. The molecule has 0 aliphatic carbocycles. The summed E-state index contributed by atoms with van der Waals surface area (Å²) in [5, 5.41) is 0. The van der Waals surface area contributed by atoms with Crippen LogP contribution in [0.4, 0.5) is 0 Å². The van der Waals surface area contributed by atoms with Gasteiger partial charge in [0.15, 0.2) is 0 Å². The minimum Gasteiger partial charge on any atom is -0.418 e. The van der Waals surface area contributed by atoms with Gasteiger partial charge in [0, 0.05) is 6.61 Å². The van der Waals surface area contributed by atoms with E-state index in [0.29, 0.717) is 11.8 Å². The molecule has 0 saturated carbocycles. The van der Waals surface area contributed by atoms with Gasteiger partial charge in [-0.05, 0) is 20.4 Å². The van der Waals surface area contributed by atoms with Crippen molar-refractivity contribution in [1.29, 1.82) is 0 Å². The van der Waals surface area contributed by atoms with Gasteiger partial charge in [0.05, 0.1) is 18.9 Å². The van der Waals surface area contributed by atoms with E-state index in [-0.39, 0.29) is 0 Å². The van der Waals surface area contributed by atoms with Gasteiger partial charge in [-0.15, -0.1) is 0 Å². The third-order valence-corrected chi connectivity index (χ3v) is 4.41. The molecule has 3 atom stereocenters. The molecule has 0 radical (unpaired) electrons. The van der Waals surface area contributed by atoms with Crippen molar-refractivity contribution in [2.45, 2.75) is 32.2 Å². The Morgan fingerprint density at radius 2 is 2.33 bits per heavy atom. The van der Waals surface area contributed by atoms with Crippen LogP contribution in [0.2, 0.25) is 6.55 Å². The van der Waals surface area contributed by atoms with Crippen LogP contribution in [0.15, 0.2) is 0 Å². The lowest BCUT2D eigenvalue weighted by atomic mass is 10.5. The maximum absolute atomic E-state index is 5.59. The van der Waals surface area contributed by atoms with E-state index in [2.05, 4.69) is 13.5 Å². The van der Waals surface area contributed by atoms with Crippen molar-refractivity contribution in [2.75, 3.05) is 19.8 Å². The summed E-state index contributed by atoms with van der Waals surface area (Å²) in [6, 6.07) is 0. The normalized spacial score (nSPS) is 26.8. The molecule has 72 valence electrons. The average molecular weight is 190 g/mol. The Balaban J connectivity index is 2.03. The maximum Gasteiger partial charge on any atom is 0.201 e. The first-order valence-corrected chi connectivity index (χ1v) is 6.88. The smallest absolute Gasteiger partial charge is 0.201 e. The fourth-order valence-electron chi connectivity index (χ4n) is 0.957. The zero-order chi connectivity index (χ0) is 8.97. The van der Waals surface area contributed by atoms with Crippen LogP contribution >= 0.6 is 0 Å². The predicted molar refractivity (Wildman–Crippen MR) is 49.8 cm³/mol. The first kappa shape index (κ1) is 10.2. The van der Waals surface area contributed by atoms with Crippen LogP contribution in [-0.4, -0.2) is 40.7 Å². The van der Waals surface area contributed by atoms with Gasteiger partial charge in [0.2, 0.25) is 9.04 Å². The highest BCUT2D eigenvalue weighted by atomic mass is 28.3. The Kier molecular flexibility index (Phi) is 4.21. The monoisotopic (exact) mass is 190 g/mol. The second-order valence-electron chi connectivity index (χ2n) is 3.15. The van der Waals surface area contributed by atoms with Crippen molar-refractivity contribution in [3.05, 3.63) is 0 Å². The minimum absolute atomic E-state index is 0.300. The molecule has 0 amide bonds. The van der Waals surface area contributed by atoms with E-state index in [1.165, 1.54) is 0 Å². The zero-order valence-corrected chi connectivity index (χ0v) is 9.23. The summed E-state index contributed by atoms with van der Waals surface area (Å²) in [4.78, 5) is 0. The number of ether oxygens (including phenoxy) is 2. The molecule has 1 fully saturated rings. The summed E-state index contributed by atoms with van der Waals surface area (Å²) < 4.78 is 16.2. The van der Waals surface area contributed by atoms with Gasteiger partial charge >= 0.3 is 0 Å². The molecule has 4 heteroatoms. The van der Waals surface area contributed by atoms with Crippen LogP contribution < -0.4 is 0 Å². The van der Waals surface area contributed by atoms with Gasteiger partial charge in [-0.1, -0.05) is 0 Å². The highest BCUT2D eigenvalue weighted by molar-refractivity contribution is 6.51. The molecule has 1 heterocycles. The molecule has 0 aromatic carbocycles. The zero-order valence-electron chi connectivity index (χ0n) is 8.08. The fraction of sp³-hybridized carbons (Fsp3) is 1.00. The quantitative estimate of drug-likeness (QED) is 0.457. The average Bonchev–Trinajstić information content (AvgIpc) is 2.83. The van der Waals surface area contributed by atoms with Crippen LogP contribution in [-0.2, 0) is 13.9 Å². The third-order valence-electron chi connectivity index (χ3n) is 2.04. The molecule has 0 spiro atoms. The lowest BCUT2D eigenvalue weighted by molar-refractivity contribution is 0.0860. The molecule has 0 bridgehead atoms. The Morgan fingerprint density at radius 1 is 1.67 bits per heavy atom. The van der Waals surface area contributed by atoms with Crippen molar-refractivity contribution in [3.63, 3.8) is 0 Å². The SMILES string of the molecule is CCO[SiH](C)C(C)OCC1CO1. The van der Waals surface area contributed by atoms with E-state index in [9.17, 15) is 0 Å². The molecule has 1 rings (SSSR count). The molecule has 1 aliphatic heterocycles. The standard InChI is InChI=1S/C8H18O3Si/c1-4-11-12(3)7(2)9-5-8-6-10-8/h7-8,12H,4-6H2,1-3H3. The number of hydrogen-bond acceptors (Lipinski definition) is 3. The van der Waals surface area contributed by atoms with Crippen molar-refractivity contribution < 1.29 is 13.9 Å². The highest BCUT2D eigenvalue weighted by Crippen LogP contribution is 2.10. The Hall–Kier alpha value is 0.0969. The highest BCUT2D eigenvalue weighted by Gasteiger charge is 2.25. The molecular formula is C8H18O3Si. The predicted octanol–water partition coefficient (Wildman–Crippen LogP) is 0.720. The molecule has 0 aromatic heterocycles. The Labute approximate surface area is 75.7 Å². The van der Waals surface area contributed by atoms with Gasteiger partial charge < -0.3 is 13.9 Å². The van der Waals surface area contributed by atoms with Gasteiger partial charge in [-0.2, -0.15) is 0 Å². The van der Waals surface area contributed by atoms with Crippen molar-refractivity contribution in [1.82, 2.24) is 0 Å². The Bertz CT molecular complexity index is 127. The summed E-state index contributed by atoms with van der Waals surface area (Å²) in [5.41, 5.74) is 0.300. The first-order chi connectivity index (χ1) is 5.74. The summed E-state index contributed by atoms with van der Waals surface area (Å²) in [6.07, 6.45) is 0.371. The van der Waals surface area contributed by atoms with Gasteiger partial charge in [0.1, 0.15) is 6.10 Å². The Morgan fingerprint density at radius 3 is 2.83 bits per heavy atom. The van der Waals surface area contributed by atoms with Crippen molar-refractivity contribution in [3.8, 4) is 0 Å². The van der Waals surface area contributed by atoms with E-state index in [1.54, 1.807) is 0 Å². The number of epoxide rings is 1. The van der Waals surface area contributed by atoms with Crippen molar-refractivity contribution >= 4 is 9.04 Å². The summed E-state index contributed by atoms with van der Waals surface area (Å²) >= 11 is 0. The van der Waals surface area contributed by atoms with E-state index in [4.69, 9.17) is 13.9 Å². The van der Waals surface area contributed by atoms with Crippen LogP contribution in [0, 0.1) is 0 Å². The van der Waals surface area contributed by atoms with E-state index in [0.717, 1.165) is 19.8 Å². The molecule has 0 N–H and O–H groups in total. The second-order valence-corrected chi connectivity index (χ2v) is 5.84. The largest absolute Gasteiger partial charge is 0.418 e. The van der Waals surface area contributed by atoms with Gasteiger partial charge in [0.25, 0.3) is 0 Å². The third kappa shape index (κ3) is 3.67. The number of rotatable bonds is 6. The van der Waals surface area contributed by atoms with Crippen LogP contribution in [0.1, 0.15) is 13.8 Å². The van der Waals surface area contributed by atoms with E-state index >= 15 is 0 Å². The summed E-state index contributed by atoms with van der Waals surface area (Å²) in [5.74, 6) is 0. The lowest BCUT2D eigenvalue weighted by Gasteiger charge is -2.18. The number of hydrogen-bond donors (Lipinski definition) is 0. The minimum atomic E-state index is -1.11. The molecule has 0 aromatic rings. The van der Waals surface area contributed by atoms with E-state index < -0.39 is 9.04 Å². The molecule has 3 unspecified atom stereocenters. The van der Waals surface area contributed by atoms with Gasteiger partial charge in [-0.3, -0.25) is 0 Å². The van der Waals surface area contributed by atoms with Crippen LogP contribution in [0.3, 0.4) is 0 Å². The molecule has 1 aliphatic rings. The second kappa shape index (κ2) is 4.96. The topological polar surface area (TPSA) is 31.0 Å². The van der Waals surface area contributed by atoms with E-state index in [1.807, 2.05) is 6.92 Å². The fourth-order valence-corrected chi connectivity index (χ4v) is 2.14. The van der Waals surface area contributed by atoms with Crippen molar-refractivity contribution in [2.24, 2.45) is 0 Å². The van der Waals surface area contributed by atoms with Crippen LogP contribution in [0.5, 0.6) is 0 Å². The molecular weight excluding hydrogens is 172 g/mol. The molecule has 3 nitrogen and oxygen atoms in total. The van der Waals surface area contributed by atoms with Gasteiger partial charge in [-0.25, -0.2) is 0 Å². The maximum atomic E-state index is 5.59. The lowest BCUT2D eigenvalue weighted by Crippen LogP contribution is -2.32. The summed E-state index contributed by atoms with van der Waals surface area (Å²) in [6.45, 7) is 8.71. The molecule has 12 heavy (non-hydrogen) atoms. The molecule has 1 saturated heterocycles.